The zero-order valence-electron chi connectivity index (χ0n) is 10.8. The molecule has 1 fully saturated rings. The van der Waals surface area contributed by atoms with E-state index in [0.29, 0.717) is 11.6 Å². The van der Waals surface area contributed by atoms with Gasteiger partial charge in [-0.1, -0.05) is 12.8 Å². The lowest BCUT2D eigenvalue weighted by Gasteiger charge is -2.21. The van der Waals surface area contributed by atoms with Crippen molar-refractivity contribution in [3.05, 3.63) is 24.0 Å². The van der Waals surface area contributed by atoms with E-state index in [-0.39, 0.29) is 6.04 Å². The maximum atomic E-state index is 13.5. The second-order valence-electron chi connectivity index (χ2n) is 5.00. The van der Waals surface area contributed by atoms with E-state index in [2.05, 4.69) is 17.0 Å². The molecule has 0 spiro atoms. The molecule has 2 rings (SSSR count). The monoisotopic (exact) mass is 273 g/mol. The van der Waals surface area contributed by atoms with E-state index >= 15 is 0 Å². The Hall–Kier alpha value is -1.39. The zero-order valence-corrected chi connectivity index (χ0v) is 10.8. The maximum absolute atomic E-state index is 13.5. The van der Waals surface area contributed by atoms with E-state index in [1.807, 2.05) is 0 Å². The van der Waals surface area contributed by atoms with Gasteiger partial charge in [0.2, 0.25) is 0 Å². The normalized spacial score (nSPS) is 17.7. The van der Waals surface area contributed by atoms with Crippen LogP contribution in [0.5, 0.6) is 5.75 Å². The lowest BCUT2D eigenvalue weighted by molar-refractivity contribution is -0.0521. The van der Waals surface area contributed by atoms with Gasteiger partial charge in [-0.15, -0.1) is 0 Å². The number of halogens is 3. The Kier molecular flexibility index (Phi) is 4.56. The lowest BCUT2D eigenvalue weighted by atomic mass is 9.99. The third-order valence-corrected chi connectivity index (χ3v) is 3.65. The number of hydrogen-bond donors (Lipinski definition) is 1. The molecule has 0 saturated heterocycles. The van der Waals surface area contributed by atoms with Crippen LogP contribution >= 0.6 is 0 Å². The third-order valence-electron chi connectivity index (χ3n) is 3.65. The molecular weight excluding hydrogens is 255 g/mol. The molecule has 5 heteroatoms. The van der Waals surface area contributed by atoms with Gasteiger partial charge in [-0.05, 0) is 37.8 Å². The molecule has 1 N–H and O–H groups in total. The van der Waals surface area contributed by atoms with E-state index in [1.165, 1.54) is 37.8 Å². The molecule has 0 heterocycles. The molecule has 0 radical (unpaired) electrons. The second kappa shape index (κ2) is 6.17. The van der Waals surface area contributed by atoms with Crippen molar-refractivity contribution in [1.29, 1.82) is 0 Å². The molecule has 0 aliphatic heterocycles. The summed E-state index contributed by atoms with van der Waals surface area (Å²) in [7, 11) is 0. The van der Waals surface area contributed by atoms with E-state index in [0.717, 1.165) is 0 Å². The van der Waals surface area contributed by atoms with Crippen LogP contribution in [0.4, 0.5) is 18.9 Å². The smallest absolute Gasteiger partial charge is 0.387 e. The molecule has 1 aliphatic rings. The van der Waals surface area contributed by atoms with Gasteiger partial charge in [-0.3, -0.25) is 0 Å². The van der Waals surface area contributed by atoms with Gasteiger partial charge in [-0.2, -0.15) is 8.78 Å². The Labute approximate surface area is 111 Å². The van der Waals surface area contributed by atoms with E-state index in [4.69, 9.17) is 0 Å². The molecule has 1 aliphatic carbocycles. The predicted molar refractivity (Wildman–Crippen MR) is 68.1 cm³/mol. The van der Waals surface area contributed by atoms with Gasteiger partial charge in [0.25, 0.3) is 0 Å². The average molecular weight is 273 g/mol. The van der Waals surface area contributed by atoms with Crippen LogP contribution in [0.1, 0.15) is 32.6 Å². The van der Waals surface area contributed by atoms with Gasteiger partial charge in [0.15, 0.2) is 11.6 Å². The highest BCUT2D eigenvalue weighted by atomic mass is 19.3. The van der Waals surface area contributed by atoms with Crippen molar-refractivity contribution in [3.63, 3.8) is 0 Å². The van der Waals surface area contributed by atoms with Crippen molar-refractivity contribution >= 4 is 5.69 Å². The molecule has 1 aromatic rings. The number of nitrogens with one attached hydrogen (secondary N) is 1. The summed E-state index contributed by atoms with van der Waals surface area (Å²) in [5.41, 5.74) is 0.596. The molecule has 1 saturated carbocycles. The van der Waals surface area contributed by atoms with E-state index < -0.39 is 18.2 Å². The molecular formula is C14H18F3NO. The number of hydrogen-bond acceptors (Lipinski definition) is 2. The molecule has 106 valence electrons. The van der Waals surface area contributed by atoms with Crippen molar-refractivity contribution in [1.82, 2.24) is 0 Å². The van der Waals surface area contributed by atoms with Gasteiger partial charge in [0, 0.05) is 17.8 Å². The first-order valence-electron chi connectivity index (χ1n) is 6.57. The summed E-state index contributed by atoms with van der Waals surface area (Å²) in [4.78, 5) is 0. The minimum absolute atomic E-state index is 0.253. The van der Waals surface area contributed by atoms with Gasteiger partial charge < -0.3 is 10.1 Å². The van der Waals surface area contributed by atoms with Crippen molar-refractivity contribution in [2.24, 2.45) is 5.92 Å². The summed E-state index contributed by atoms with van der Waals surface area (Å²) in [6.45, 7) is -0.942. The summed E-state index contributed by atoms with van der Waals surface area (Å²) in [5.74, 6) is -0.599. The van der Waals surface area contributed by atoms with Crippen molar-refractivity contribution in [3.8, 4) is 5.75 Å². The number of rotatable bonds is 5. The standard InChI is InChI=1S/C14H18F3NO/c1-9(10-4-2-3-5-10)18-11-6-7-13(12(15)8-11)19-14(16)17/h6-10,14,18H,2-5H2,1H3. The first-order chi connectivity index (χ1) is 9.06. The number of anilines is 1. The minimum Gasteiger partial charge on any atom is -0.432 e. The number of alkyl halides is 2. The lowest BCUT2D eigenvalue weighted by Crippen LogP contribution is -2.23. The highest BCUT2D eigenvalue weighted by Gasteiger charge is 2.21. The summed E-state index contributed by atoms with van der Waals surface area (Å²) in [6.07, 6.45) is 4.85. The van der Waals surface area contributed by atoms with Crippen molar-refractivity contribution in [2.45, 2.75) is 45.3 Å². The molecule has 1 unspecified atom stereocenters. The average Bonchev–Trinajstić information content (AvgIpc) is 2.86. The fourth-order valence-corrected chi connectivity index (χ4v) is 2.62. The quantitative estimate of drug-likeness (QED) is 0.857. The van der Waals surface area contributed by atoms with Crippen LogP contribution in [-0.4, -0.2) is 12.7 Å². The van der Waals surface area contributed by atoms with Crippen LogP contribution in [0.15, 0.2) is 18.2 Å². The van der Waals surface area contributed by atoms with Crippen molar-refractivity contribution in [2.75, 3.05) is 5.32 Å². The van der Waals surface area contributed by atoms with Gasteiger partial charge in [0.05, 0.1) is 0 Å². The fourth-order valence-electron chi connectivity index (χ4n) is 2.62. The fraction of sp³-hybridized carbons (Fsp3) is 0.571. The SMILES string of the molecule is CC(Nc1ccc(OC(F)F)c(F)c1)C1CCCC1. The Bertz CT molecular complexity index is 419. The highest BCUT2D eigenvalue weighted by Crippen LogP contribution is 2.30. The molecule has 19 heavy (non-hydrogen) atoms. The molecule has 0 amide bonds. The van der Waals surface area contributed by atoms with E-state index in [9.17, 15) is 13.2 Å². The number of ether oxygens (including phenoxy) is 1. The number of benzene rings is 1. The first-order valence-corrected chi connectivity index (χ1v) is 6.57. The van der Waals surface area contributed by atoms with Gasteiger partial charge in [0.1, 0.15) is 0 Å². The summed E-state index contributed by atoms with van der Waals surface area (Å²) in [5, 5.41) is 3.22. The predicted octanol–water partition coefficient (Wildman–Crippen LogP) is 4.42. The van der Waals surface area contributed by atoms with Gasteiger partial charge >= 0.3 is 6.61 Å². The maximum Gasteiger partial charge on any atom is 0.387 e. The van der Waals surface area contributed by atoms with Crippen LogP contribution in [-0.2, 0) is 0 Å². The zero-order chi connectivity index (χ0) is 13.8. The largest absolute Gasteiger partial charge is 0.432 e. The summed E-state index contributed by atoms with van der Waals surface area (Å²) >= 11 is 0. The van der Waals surface area contributed by atoms with Crippen LogP contribution in [0, 0.1) is 11.7 Å². The molecule has 1 aromatic carbocycles. The highest BCUT2D eigenvalue weighted by molar-refractivity contribution is 5.48. The van der Waals surface area contributed by atoms with Crippen LogP contribution in [0.25, 0.3) is 0 Å². The molecule has 0 aromatic heterocycles. The Morgan fingerprint density at radius 3 is 2.53 bits per heavy atom. The van der Waals surface area contributed by atoms with Crippen LogP contribution in [0.2, 0.25) is 0 Å². The topological polar surface area (TPSA) is 21.3 Å². The summed E-state index contributed by atoms with van der Waals surface area (Å²) in [6, 6.07) is 4.24. The summed E-state index contributed by atoms with van der Waals surface area (Å²) < 4.78 is 41.6. The van der Waals surface area contributed by atoms with Crippen LogP contribution < -0.4 is 10.1 Å². The Balaban J connectivity index is 1.99. The second-order valence-corrected chi connectivity index (χ2v) is 5.00. The first kappa shape index (κ1) is 14.0. The van der Waals surface area contributed by atoms with Crippen LogP contribution in [0.3, 0.4) is 0 Å². The molecule has 2 nitrogen and oxygen atoms in total. The van der Waals surface area contributed by atoms with E-state index in [1.54, 1.807) is 6.07 Å². The van der Waals surface area contributed by atoms with Crippen molar-refractivity contribution < 1.29 is 17.9 Å². The molecule has 0 bridgehead atoms. The Morgan fingerprint density at radius 2 is 1.95 bits per heavy atom. The third kappa shape index (κ3) is 3.78. The van der Waals surface area contributed by atoms with Gasteiger partial charge in [-0.25, -0.2) is 4.39 Å². The Morgan fingerprint density at radius 1 is 1.26 bits per heavy atom. The minimum atomic E-state index is -3.01. The molecule has 1 atom stereocenters.